The Morgan fingerprint density at radius 1 is 1.23 bits per heavy atom. The van der Waals surface area contributed by atoms with Crippen LogP contribution in [0.2, 0.25) is 0 Å². The van der Waals surface area contributed by atoms with Gasteiger partial charge in [-0.3, -0.25) is 4.90 Å². The Morgan fingerprint density at radius 3 is 2.59 bits per heavy atom. The van der Waals surface area contributed by atoms with Crippen molar-refractivity contribution in [3.63, 3.8) is 0 Å². The summed E-state index contributed by atoms with van der Waals surface area (Å²) in [5.74, 6) is 0.789. The lowest BCUT2D eigenvalue weighted by Crippen LogP contribution is -2.37. The molecule has 118 valence electrons. The average Bonchev–Trinajstić information content (AvgIpc) is 2.94. The smallest absolute Gasteiger partial charge is 0.225 e. The first-order valence-electron chi connectivity index (χ1n) is 7.32. The predicted molar refractivity (Wildman–Crippen MR) is 84.9 cm³/mol. The molecule has 0 N–H and O–H groups in total. The highest BCUT2D eigenvalue weighted by molar-refractivity contribution is 7.05. The molecule has 0 aliphatic carbocycles. The van der Waals surface area contributed by atoms with Gasteiger partial charge in [-0.1, -0.05) is 4.49 Å². The van der Waals surface area contributed by atoms with Gasteiger partial charge in [-0.05, 0) is 25.5 Å². The van der Waals surface area contributed by atoms with Gasteiger partial charge in [0.1, 0.15) is 0 Å². The third-order valence-electron chi connectivity index (χ3n) is 3.60. The molecule has 0 bridgehead atoms. The molecule has 0 unspecified atom stereocenters. The Bertz CT molecular complexity index is 596. The first-order valence-corrected chi connectivity index (χ1v) is 8.09. The molecule has 0 amide bonds. The van der Waals surface area contributed by atoms with Crippen molar-refractivity contribution < 1.29 is 4.74 Å². The van der Waals surface area contributed by atoms with Crippen molar-refractivity contribution in [3.8, 4) is 0 Å². The van der Waals surface area contributed by atoms with Crippen LogP contribution >= 0.6 is 11.5 Å². The summed E-state index contributed by atoms with van der Waals surface area (Å²) in [6, 6.07) is 0. The van der Waals surface area contributed by atoms with Crippen molar-refractivity contribution in [2.45, 2.75) is 20.0 Å². The molecule has 0 aromatic carbocycles. The van der Waals surface area contributed by atoms with Gasteiger partial charge in [-0.2, -0.15) is 0 Å². The third-order valence-corrected chi connectivity index (χ3v) is 4.41. The van der Waals surface area contributed by atoms with Crippen LogP contribution in [0.4, 0.5) is 5.95 Å². The second kappa shape index (κ2) is 7.08. The minimum Gasteiger partial charge on any atom is -0.378 e. The fraction of sp³-hybridized carbons (Fsp3) is 0.571. The maximum Gasteiger partial charge on any atom is 0.225 e. The number of rotatable bonds is 5. The Morgan fingerprint density at radius 2 is 1.95 bits per heavy atom. The van der Waals surface area contributed by atoms with Crippen LogP contribution in [0.3, 0.4) is 0 Å². The molecule has 7 nitrogen and oxygen atoms in total. The number of morpholine rings is 1. The van der Waals surface area contributed by atoms with Crippen LogP contribution in [0.15, 0.2) is 12.4 Å². The Hall–Kier alpha value is -1.64. The highest BCUT2D eigenvalue weighted by atomic mass is 32.1. The van der Waals surface area contributed by atoms with Crippen LogP contribution in [-0.4, -0.2) is 57.8 Å². The lowest BCUT2D eigenvalue weighted by molar-refractivity contribution is 0.122. The average molecular weight is 320 g/mol. The van der Waals surface area contributed by atoms with E-state index in [2.05, 4.69) is 36.4 Å². The van der Waals surface area contributed by atoms with Gasteiger partial charge >= 0.3 is 0 Å². The molecule has 0 spiro atoms. The summed E-state index contributed by atoms with van der Waals surface area (Å²) in [6.07, 6.45) is 3.82. The van der Waals surface area contributed by atoms with Crippen molar-refractivity contribution >= 4 is 17.5 Å². The fourth-order valence-electron chi connectivity index (χ4n) is 2.37. The highest BCUT2D eigenvalue weighted by Crippen LogP contribution is 2.14. The fourth-order valence-corrected chi connectivity index (χ4v) is 3.08. The Labute approximate surface area is 134 Å². The number of ether oxygens (including phenoxy) is 1. The van der Waals surface area contributed by atoms with E-state index in [-0.39, 0.29) is 0 Å². The summed E-state index contributed by atoms with van der Waals surface area (Å²) in [6.45, 7) is 6.85. The first-order chi connectivity index (χ1) is 10.7. The van der Waals surface area contributed by atoms with Crippen molar-refractivity contribution in [2.24, 2.45) is 0 Å². The first kappa shape index (κ1) is 15.3. The van der Waals surface area contributed by atoms with E-state index in [9.17, 15) is 0 Å². The number of nitrogens with zero attached hydrogens (tertiary/aromatic N) is 6. The molecular weight excluding hydrogens is 300 g/mol. The molecule has 2 aromatic rings. The maximum atomic E-state index is 5.34. The van der Waals surface area contributed by atoms with Crippen LogP contribution in [0.1, 0.15) is 16.1 Å². The van der Waals surface area contributed by atoms with E-state index in [0.29, 0.717) is 0 Å². The molecular formula is C14H20N6OS. The molecule has 1 aliphatic heterocycles. The third kappa shape index (κ3) is 3.76. The van der Waals surface area contributed by atoms with Gasteiger partial charge in [0, 0.05) is 44.1 Å². The van der Waals surface area contributed by atoms with Crippen LogP contribution in [0.5, 0.6) is 0 Å². The topological polar surface area (TPSA) is 67.3 Å². The SMILES string of the molecule is Cc1nnsc1CN(C)Cc1cnc(N2CCOCC2)nc1. The molecule has 1 fully saturated rings. The van der Waals surface area contributed by atoms with Gasteiger partial charge in [0.25, 0.3) is 0 Å². The molecule has 3 rings (SSSR count). The van der Waals surface area contributed by atoms with E-state index < -0.39 is 0 Å². The number of aromatic nitrogens is 4. The van der Waals surface area contributed by atoms with E-state index in [1.807, 2.05) is 19.3 Å². The van der Waals surface area contributed by atoms with E-state index in [1.165, 1.54) is 16.4 Å². The Kier molecular flexibility index (Phi) is 4.91. The largest absolute Gasteiger partial charge is 0.378 e. The lowest BCUT2D eigenvalue weighted by atomic mass is 10.3. The Balaban J connectivity index is 1.57. The standard InChI is InChI=1S/C14H20N6OS/c1-11-13(22-18-17-11)10-19(2)9-12-7-15-14(16-8-12)20-3-5-21-6-4-20/h7-8H,3-6,9-10H2,1-2H3. The van der Waals surface area contributed by atoms with Crippen molar-refractivity contribution in [1.82, 2.24) is 24.5 Å². The van der Waals surface area contributed by atoms with Gasteiger partial charge in [0.2, 0.25) is 5.95 Å². The summed E-state index contributed by atoms with van der Waals surface area (Å²) in [5, 5.41) is 4.04. The van der Waals surface area contributed by atoms with Gasteiger partial charge in [-0.15, -0.1) is 5.10 Å². The van der Waals surface area contributed by atoms with Gasteiger partial charge in [-0.25, -0.2) is 9.97 Å². The van der Waals surface area contributed by atoms with Gasteiger partial charge < -0.3 is 9.64 Å². The zero-order valence-electron chi connectivity index (χ0n) is 12.9. The van der Waals surface area contributed by atoms with Crippen LogP contribution in [0.25, 0.3) is 0 Å². The zero-order valence-corrected chi connectivity index (χ0v) is 13.7. The van der Waals surface area contributed by atoms with Crippen LogP contribution in [-0.2, 0) is 17.8 Å². The number of hydrogen-bond donors (Lipinski definition) is 0. The molecule has 1 saturated heterocycles. The number of anilines is 1. The monoisotopic (exact) mass is 320 g/mol. The second-order valence-corrected chi connectivity index (χ2v) is 6.28. The summed E-state index contributed by atoms with van der Waals surface area (Å²) >= 11 is 1.46. The summed E-state index contributed by atoms with van der Waals surface area (Å²) in [4.78, 5) is 14.5. The number of hydrogen-bond acceptors (Lipinski definition) is 8. The molecule has 8 heteroatoms. The quantitative estimate of drug-likeness (QED) is 0.817. The molecule has 0 radical (unpaired) electrons. The van der Waals surface area contributed by atoms with E-state index >= 15 is 0 Å². The molecule has 3 heterocycles. The molecule has 1 aliphatic rings. The van der Waals surface area contributed by atoms with E-state index in [4.69, 9.17) is 4.74 Å². The molecule has 22 heavy (non-hydrogen) atoms. The normalized spacial score (nSPS) is 15.5. The lowest BCUT2D eigenvalue weighted by Gasteiger charge is -2.26. The van der Waals surface area contributed by atoms with Gasteiger partial charge in [0.05, 0.1) is 23.8 Å². The van der Waals surface area contributed by atoms with Crippen LogP contribution < -0.4 is 4.90 Å². The molecule has 0 saturated carbocycles. The van der Waals surface area contributed by atoms with Crippen molar-refractivity contribution in [3.05, 3.63) is 28.5 Å². The summed E-state index contributed by atoms with van der Waals surface area (Å²) in [7, 11) is 2.08. The van der Waals surface area contributed by atoms with Crippen LogP contribution in [0, 0.1) is 6.92 Å². The zero-order chi connectivity index (χ0) is 15.4. The summed E-state index contributed by atoms with van der Waals surface area (Å²) < 4.78 is 9.31. The minimum absolute atomic E-state index is 0.746. The molecule has 0 atom stereocenters. The van der Waals surface area contributed by atoms with Crippen molar-refractivity contribution in [2.75, 3.05) is 38.3 Å². The highest BCUT2D eigenvalue weighted by Gasteiger charge is 2.14. The summed E-state index contributed by atoms with van der Waals surface area (Å²) in [5.41, 5.74) is 2.12. The second-order valence-electron chi connectivity index (χ2n) is 5.44. The maximum absolute atomic E-state index is 5.34. The van der Waals surface area contributed by atoms with E-state index in [1.54, 1.807) is 0 Å². The predicted octanol–water partition coefficient (Wildman–Crippen LogP) is 1.11. The van der Waals surface area contributed by atoms with E-state index in [0.717, 1.165) is 56.6 Å². The van der Waals surface area contributed by atoms with Gasteiger partial charge in [0.15, 0.2) is 0 Å². The van der Waals surface area contributed by atoms with Crippen molar-refractivity contribution in [1.29, 1.82) is 0 Å². The molecule has 2 aromatic heterocycles. The number of aryl methyl sites for hydroxylation is 1. The minimum atomic E-state index is 0.746.